The first kappa shape index (κ1) is 15.0. The zero-order chi connectivity index (χ0) is 10.7. The van der Waals surface area contributed by atoms with Crippen molar-refractivity contribution < 1.29 is 40.5 Å². The molecule has 0 atom stereocenters. The Hall–Kier alpha value is -0.0200. The number of aryl methyl sites for hydroxylation is 2. The Morgan fingerprint density at radius 3 is 2.27 bits per heavy atom. The van der Waals surface area contributed by atoms with Crippen molar-refractivity contribution in [3.63, 3.8) is 0 Å². The molecule has 1 aromatic rings. The molecular weight excluding hydrogens is 223 g/mol. The van der Waals surface area contributed by atoms with Crippen LogP contribution in [0.2, 0.25) is 5.02 Å². The smallest absolute Gasteiger partial charge is 1.00 e. The molecule has 0 fully saturated rings. The molecule has 0 amide bonds. The third kappa shape index (κ3) is 4.15. The fourth-order valence-corrected chi connectivity index (χ4v) is 1.28. The van der Waals surface area contributed by atoms with Gasteiger partial charge in [0.2, 0.25) is 0 Å². The van der Waals surface area contributed by atoms with Crippen LogP contribution < -0.4 is 34.3 Å². The van der Waals surface area contributed by atoms with E-state index in [-0.39, 0.29) is 37.0 Å². The van der Waals surface area contributed by atoms with Crippen molar-refractivity contribution in [2.45, 2.75) is 27.2 Å². The fraction of sp³-hybridized carbons (Fsp3) is 0.364. The van der Waals surface area contributed by atoms with Gasteiger partial charge < -0.3 is 6.16 Å². The van der Waals surface area contributed by atoms with E-state index in [1.54, 1.807) is 19.1 Å². The zero-order valence-corrected chi connectivity index (χ0v) is 12.3. The van der Waals surface area contributed by atoms with Crippen molar-refractivity contribution in [1.29, 1.82) is 0 Å². The van der Waals surface area contributed by atoms with Gasteiger partial charge >= 0.3 is 35.5 Å². The molecule has 4 heteroatoms. The maximum absolute atomic E-state index is 11.0. The molecule has 1 rings (SSSR count). The number of halogens is 1. The number of hydrogen-bond donors (Lipinski definition) is 0. The van der Waals surface area contributed by atoms with Gasteiger partial charge in [-0.15, -0.1) is 0 Å². The Morgan fingerprint density at radius 2 is 1.87 bits per heavy atom. The van der Waals surface area contributed by atoms with Crippen LogP contribution in [0.3, 0.4) is 0 Å². The molecule has 0 aliphatic rings. The number of benzene rings is 1. The first-order chi connectivity index (χ1) is 6.54. The molecule has 1 aromatic carbocycles. The van der Waals surface area contributed by atoms with E-state index in [4.69, 9.17) is 16.3 Å². The normalized spacial score (nSPS) is 9.33. The van der Waals surface area contributed by atoms with Crippen LogP contribution in [0.5, 0.6) is 5.75 Å². The number of carbonyl (C=O) groups excluding carboxylic acids is 1. The molecule has 0 unspecified atom stereocenters. The Bertz CT molecular complexity index is 346. The molecule has 0 aliphatic heterocycles. The molecule has 78 valence electrons. The summed E-state index contributed by atoms with van der Waals surface area (Å²) in [6, 6.07) is 3.53. The molecule has 0 aliphatic carbocycles. The van der Waals surface area contributed by atoms with E-state index in [0.29, 0.717) is 12.2 Å². The minimum atomic E-state index is -0.230. The number of rotatable bonds is 2. The van der Waals surface area contributed by atoms with Crippen LogP contribution in [0.15, 0.2) is 12.1 Å². The second-order valence-corrected chi connectivity index (χ2v) is 3.58. The van der Waals surface area contributed by atoms with Crippen LogP contribution in [0.4, 0.5) is 0 Å². The second-order valence-electron chi connectivity index (χ2n) is 3.20. The SMILES string of the molecule is CCC(=O)Oc1cc(C)c(Cl)c(C)c1.[H-].[Na+]. The van der Waals surface area contributed by atoms with Crippen molar-refractivity contribution in [3.05, 3.63) is 28.3 Å². The quantitative estimate of drug-likeness (QED) is 0.422. The average Bonchev–Trinajstić information content (AvgIpc) is 2.14. The van der Waals surface area contributed by atoms with Crippen molar-refractivity contribution in [2.24, 2.45) is 0 Å². The van der Waals surface area contributed by atoms with Crippen LogP contribution in [0, 0.1) is 13.8 Å². The van der Waals surface area contributed by atoms with Gasteiger partial charge in [0.25, 0.3) is 0 Å². The summed E-state index contributed by atoms with van der Waals surface area (Å²) < 4.78 is 5.08. The standard InChI is InChI=1S/C11H13ClO2.Na.H/c1-4-10(13)14-9-5-7(2)11(12)8(3)6-9;;/h5-6H,4H2,1-3H3;;/q;+1;-1. The van der Waals surface area contributed by atoms with E-state index in [2.05, 4.69) is 0 Å². The van der Waals surface area contributed by atoms with E-state index in [1.807, 2.05) is 13.8 Å². The Balaban J connectivity index is 0. The van der Waals surface area contributed by atoms with Gasteiger partial charge in [0.05, 0.1) is 0 Å². The fourth-order valence-electron chi connectivity index (χ4n) is 1.17. The predicted molar refractivity (Wildman–Crippen MR) is 58.0 cm³/mol. The van der Waals surface area contributed by atoms with Gasteiger partial charge in [-0.2, -0.15) is 0 Å². The topological polar surface area (TPSA) is 26.3 Å². The summed E-state index contributed by atoms with van der Waals surface area (Å²) in [4.78, 5) is 11.0. The molecule has 0 spiro atoms. The second kappa shape index (κ2) is 6.54. The molecule has 0 radical (unpaired) electrons. The van der Waals surface area contributed by atoms with E-state index >= 15 is 0 Å². The number of hydrogen-bond acceptors (Lipinski definition) is 2. The van der Waals surface area contributed by atoms with Gasteiger partial charge in [-0.05, 0) is 37.1 Å². The first-order valence-electron chi connectivity index (χ1n) is 4.52. The van der Waals surface area contributed by atoms with E-state index in [1.165, 1.54) is 0 Å². The van der Waals surface area contributed by atoms with Crippen molar-refractivity contribution in [2.75, 3.05) is 0 Å². The van der Waals surface area contributed by atoms with Gasteiger partial charge in [-0.1, -0.05) is 18.5 Å². The third-order valence-corrected chi connectivity index (χ3v) is 2.53. The summed E-state index contributed by atoms with van der Waals surface area (Å²) in [6.07, 6.45) is 0.376. The minimum Gasteiger partial charge on any atom is -1.00 e. The van der Waals surface area contributed by atoms with Crippen LogP contribution in [-0.2, 0) is 4.79 Å². The Kier molecular flexibility index (Phi) is 6.53. The summed E-state index contributed by atoms with van der Waals surface area (Å²) in [5.74, 6) is 0.336. The molecular formula is C11H14ClNaO2. The van der Waals surface area contributed by atoms with Crippen molar-refractivity contribution >= 4 is 17.6 Å². The Morgan fingerprint density at radius 1 is 1.40 bits per heavy atom. The van der Waals surface area contributed by atoms with Crippen LogP contribution >= 0.6 is 11.6 Å². The predicted octanol–water partition coefficient (Wildman–Crippen LogP) is 0.389. The largest absolute Gasteiger partial charge is 1.00 e. The average molecular weight is 237 g/mol. The number of esters is 1. The van der Waals surface area contributed by atoms with Gasteiger partial charge in [-0.25, -0.2) is 0 Å². The maximum atomic E-state index is 11.0. The van der Waals surface area contributed by atoms with Crippen LogP contribution in [0.1, 0.15) is 25.9 Å². The summed E-state index contributed by atoms with van der Waals surface area (Å²) in [6.45, 7) is 5.54. The maximum Gasteiger partial charge on any atom is 1.00 e. The molecule has 15 heavy (non-hydrogen) atoms. The molecule has 0 heterocycles. The number of carbonyl (C=O) groups is 1. The molecule has 0 saturated carbocycles. The van der Waals surface area contributed by atoms with E-state index in [0.717, 1.165) is 16.1 Å². The molecule has 0 saturated heterocycles. The monoisotopic (exact) mass is 236 g/mol. The van der Waals surface area contributed by atoms with Crippen LogP contribution in [-0.4, -0.2) is 5.97 Å². The Labute approximate surface area is 119 Å². The zero-order valence-electron chi connectivity index (χ0n) is 10.6. The van der Waals surface area contributed by atoms with Gasteiger partial charge in [0.1, 0.15) is 5.75 Å². The number of ether oxygens (including phenoxy) is 1. The first-order valence-corrected chi connectivity index (χ1v) is 4.89. The van der Waals surface area contributed by atoms with E-state index in [9.17, 15) is 4.79 Å². The van der Waals surface area contributed by atoms with Gasteiger partial charge in [0, 0.05) is 11.4 Å². The van der Waals surface area contributed by atoms with Crippen molar-refractivity contribution in [1.82, 2.24) is 0 Å². The molecule has 0 aromatic heterocycles. The summed E-state index contributed by atoms with van der Waals surface area (Å²) in [5.41, 5.74) is 1.84. The van der Waals surface area contributed by atoms with E-state index < -0.39 is 0 Å². The van der Waals surface area contributed by atoms with Gasteiger partial charge in [0.15, 0.2) is 0 Å². The van der Waals surface area contributed by atoms with Crippen LogP contribution in [0.25, 0.3) is 0 Å². The van der Waals surface area contributed by atoms with Crippen molar-refractivity contribution in [3.8, 4) is 5.75 Å². The summed E-state index contributed by atoms with van der Waals surface area (Å²) >= 11 is 5.98. The van der Waals surface area contributed by atoms with Gasteiger partial charge in [-0.3, -0.25) is 4.79 Å². The molecule has 2 nitrogen and oxygen atoms in total. The summed E-state index contributed by atoms with van der Waals surface area (Å²) in [7, 11) is 0. The summed E-state index contributed by atoms with van der Waals surface area (Å²) in [5, 5.41) is 0.723. The molecule has 0 N–H and O–H groups in total. The molecule has 0 bridgehead atoms. The third-order valence-electron chi connectivity index (χ3n) is 1.93. The minimum absolute atomic E-state index is 0.